The van der Waals surface area contributed by atoms with E-state index < -0.39 is 0 Å². The highest BCUT2D eigenvalue weighted by Gasteiger charge is 2.06. The molecular weight excluding hydrogens is 270 g/mol. The Bertz CT molecular complexity index is 442. The molecule has 1 amide bonds. The maximum atomic E-state index is 11.8. The molecule has 0 saturated carbocycles. The fourth-order valence-electron chi connectivity index (χ4n) is 2.02. The lowest BCUT2D eigenvalue weighted by Gasteiger charge is -2.14. The third-order valence-electron chi connectivity index (χ3n) is 3.43. The highest BCUT2D eigenvalue weighted by atomic mass is 35.5. The molecule has 0 heterocycles. The van der Waals surface area contributed by atoms with Crippen molar-refractivity contribution in [3.05, 3.63) is 40.9 Å². The minimum absolute atomic E-state index is 0.0557. The van der Waals surface area contributed by atoms with Crippen molar-refractivity contribution in [3.63, 3.8) is 0 Å². The van der Waals surface area contributed by atoms with Crippen LogP contribution in [0.3, 0.4) is 0 Å². The molecule has 0 saturated heterocycles. The average Bonchev–Trinajstić information content (AvgIpc) is 2.46. The van der Waals surface area contributed by atoms with E-state index in [-0.39, 0.29) is 5.91 Å². The minimum Gasteiger partial charge on any atom is -0.352 e. The molecular formula is C17H24ClNO. The van der Waals surface area contributed by atoms with Crippen molar-refractivity contribution < 1.29 is 4.79 Å². The van der Waals surface area contributed by atoms with Gasteiger partial charge in [-0.2, -0.15) is 0 Å². The number of nitrogens with one attached hydrogen (secondary N) is 1. The molecule has 0 bridgehead atoms. The third kappa shape index (κ3) is 6.25. The van der Waals surface area contributed by atoms with Gasteiger partial charge < -0.3 is 5.32 Å². The predicted molar refractivity (Wildman–Crippen MR) is 86.8 cm³/mol. The Hall–Kier alpha value is -1.28. The molecule has 3 heteroatoms. The fraction of sp³-hybridized carbons (Fsp3) is 0.471. The number of carbonyl (C=O) groups is 1. The number of amides is 1. The van der Waals surface area contributed by atoms with Gasteiger partial charge in [0.05, 0.1) is 0 Å². The Morgan fingerprint density at radius 3 is 2.75 bits per heavy atom. The first-order valence-electron chi connectivity index (χ1n) is 7.37. The largest absolute Gasteiger partial charge is 0.352 e. The smallest absolute Gasteiger partial charge is 0.244 e. The van der Waals surface area contributed by atoms with E-state index in [1.54, 1.807) is 12.2 Å². The van der Waals surface area contributed by atoms with Crippen LogP contribution in [-0.4, -0.2) is 12.5 Å². The second-order valence-corrected chi connectivity index (χ2v) is 5.42. The predicted octanol–water partition coefficient (Wildman–Crippen LogP) is 4.69. The van der Waals surface area contributed by atoms with Gasteiger partial charge in [-0.3, -0.25) is 4.79 Å². The second-order valence-electron chi connectivity index (χ2n) is 5.02. The zero-order valence-electron chi connectivity index (χ0n) is 12.4. The Morgan fingerprint density at radius 1 is 1.35 bits per heavy atom. The maximum Gasteiger partial charge on any atom is 0.244 e. The van der Waals surface area contributed by atoms with Gasteiger partial charge in [-0.1, -0.05) is 62.9 Å². The molecule has 0 aliphatic heterocycles. The summed E-state index contributed by atoms with van der Waals surface area (Å²) < 4.78 is 0. The number of rotatable bonds is 8. The summed E-state index contributed by atoms with van der Waals surface area (Å²) in [6.45, 7) is 5.12. The fourth-order valence-corrected chi connectivity index (χ4v) is 2.22. The third-order valence-corrected chi connectivity index (χ3v) is 3.77. The Balaban J connectivity index is 2.41. The number of halogens is 1. The van der Waals surface area contributed by atoms with Crippen molar-refractivity contribution in [2.45, 2.75) is 39.5 Å². The molecule has 110 valence electrons. The zero-order valence-corrected chi connectivity index (χ0v) is 13.1. The summed E-state index contributed by atoms with van der Waals surface area (Å²) in [6, 6.07) is 7.49. The van der Waals surface area contributed by atoms with Gasteiger partial charge in [-0.05, 0) is 30.0 Å². The van der Waals surface area contributed by atoms with Gasteiger partial charge in [-0.25, -0.2) is 0 Å². The molecule has 20 heavy (non-hydrogen) atoms. The van der Waals surface area contributed by atoms with Crippen LogP contribution in [0.15, 0.2) is 30.3 Å². The molecule has 1 rings (SSSR count). The molecule has 0 spiro atoms. The SMILES string of the molecule is CCCCC(CC)CNC(=O)C=Cc1ccccc1Cl. The van der Waals surface area contributed by atoms with Gasteiger partial charge in [0, 0.05) is 17.6 Å². The summed E-state index contributed by atoms with van der Waals surface area (Å²) in [6.07, 6.45) is 8.02. The van der Waals surface area contributed by atoms with Gasteiger partial charge in [0.1, 0.15) is 0 Å². The van der Waals surface area contributed by atoms with Gasteiger partial charge in [0.2, 0.25) is 5.91 Å². The van der Waals surface area contributed by atoms with E-state index >= 15 is 0 Å². The lowest BCUT2D eigenvalue weighted by Crippen LogP contribution is -2.27. The quantitative estimate of drug-likeness (QED) is 0.692. The topological polar surface area (TPSA) is 29.1 Å². The molecule has 0 aromatic heterocycles. The summed E-state index contributed by atoms with van der Waals surface area (Å²) in [4.78, 5) is 11.8. The molecule has 1 N–H and O–H groups in total. The van der Waals surface area contributed by atoms with Crippen LogP contribution in [0.1, 0.15) is 45.1 Å². The van der Waals surface area contributed by atoms with E-state index in [0.29, 0.717) is 10.9 Å². The van der Waals surface area contributed by atoms with E-state index in [2.05, 4.69) is 19.2 Å². The summed E-state index contributed by atoms with van der Waals surface area (Å²) in [5.74, 6) is 0.521. The van der Waals surface area contributed by atoms with Gasteiger partial charge in [0.15, 0.2) is 0 Å². The van der Waals surface area contributed by atoms with Crippen molar-refractivity contribution in [3.8, 4) is 0 Å². The van der Waals surface area contributed by atoms with Crippen molar-refractivity contribution in [2.24, 2.45) is 5.92 Å². The summed E-state index contributed by atoms with van der Waals surface area (Å²) >= 11 is 6.03. The Labute approximate surface area is 127 Å². The highest BCUT2D eigenvalue weighted by molar-refractivity contribution is 6.32. The molecule has 1 aromatic rings. The van der Waals surface area contributed by atoms with Crippen LogP contribution in [0.25, 0.3) is 6.08 Å². The minimum atomic E-state index is -0.0557. The van der Waals surface area contributed by atoms with Crippen LogP contribution >= 0.6 is 11.6 Å². The van der Waals surface area contributed by atoms with E-state index in [4.69, 9.17) is 11.6 Å². The number of hydrogen-bond acceptors (Lipinski definition) is 1. The maximum absolute atomic E-state index is 11.8. The molecule has 1 atom stereocenters. The van der Waals surface area contributed by atoms with E-state index in [9.17, 15) is 4.79 Å². The Morgan fingerprint density at radius 2 is 2.10 bits per heavy atom. The first kappa shape index (κ1) is 16.8. The average molecular weight is 294 g/mol. The monoisotopic (exact) mass is 293 g/mol. The first-order chi connectivity index (χ1) is 9.67. The highest BCUT2D eigenvalue weighted by Crippen LogP contribution is 2.16. The summed E-state index contributed by atoms with van der Waals surface area (Å²) in [5, 5.41) is 3.62. The van der Waals surface area contributed by atoms with Crippen molar-refractivity contribution in [1.82, 2.24) is 5.32 Å². The molecule has 0 radical (unpaired) electrons. The van der Waals surface area contributed by atoms with E-state index in [1.807, 2.05) is 24.3 Å². The number of hydrogen-bond donors (Lipinski definition) is 1. The molecule has 2 nitrogen and oxygen atoms in total. The van der Waals surface area contributed by atoms with Crippen LogP contribution < -0.4 is 5.32 Å². The zero-order chi connectivity index (χ0) is 14.8. The van der Waals surface area contributed by atoms with Crippen molar-refractivity contribution in [1.29, 1.82) is 0 Å². The van der Waals surface area contributed by atoms with E-state index in [1.165, 1.54) is 19.3 Å². The lowest BCUT2D eigenvalue weighted by atomic mass is 9.99. The van der Waals surface area contributed by atoms with Gasteiger partial charge in [0.25, 0.3) is 0 Å². The summed E-state index contributed by atoms with van der Waals surface area (Å²) in [7, 11) is 0. The molecule has 1 aromatic carbocycles. The standard InChI is InChI=1S/C17H24ClNO/c1-3-5-8-14(4-2)13-19-17(20)12-11-15-9-6-7-10-16(15)18/h6-7,9-12,14H,3-5,8,13H2,1-2H3,(H,19,20). The van der Waals surface area contributed by atoms with Crippen molar-refractivity contribution in [2.75, 3.05) is 6.54 Å². The molecule has 0 aliphatic rings. The number of benzene rings is 1. The second kappa shape index (κ2) is 9.60. The lowest BCUT2D eigenvalue weighted by molar-refractivity contribution is -0.116. The first-order valence-corrected chi connectivity index (χ1v) is 7.75. The van der Waals surface area contributed by atoms with Gasteiger partial charge in [-0.15, -0.1) is 0 Å². The van der Waals surface area contributed by atoms with Crippen LogP contribution in [0, 0.1) is 5.92 Å². The molecule has 0 aliphatic carbocycles. The molecule has 0 fully saturated rings. The number of unbranched alkanes of at least 4 members (excludes halogenated alkanes) is 1. The molecule has 1 unspecified atom stereocenters. The van der Waals surface area contributed by atoms with Crippen LogP contribution in [0.4, 0.5) is 0 Å². The van der Waals surface area contributed by atoms with E-state index in [0.717, 1.165) is 18.5 Å². The normalized spacial score (nSPS) is 12.6. The van der Waals surface area contributed by atoms with Gasteiger partial charge >= 0.3 is 0 Å². The summed E-state index contributed by atoms with van der Waals surface area (Å²) in [5.41, 5.74) is 0.863. The van der Waals surface area contributed by atoms with Crippen LogP contribution in [-0.2, 0) is 4.79 Å². The Kier molecular flexibility index (Phi) is 8.05. The van der Waals surface area contributed by atoms with Crippen molar-refractivity contribution >= 4 is 23.6 Å². The number of carbonyl (C=O) groups excluding carboxylic acids is 1. The van der Waals surface area contributed by atoms with Crippen LogP contribution in [0.2, 0.25) is 5.02 Å². The van der Waals surface area contributed by atoms with Crippen LogP contribution in [0.5, 0.6) is 0 Å².